The summed E-state index contributed by atoms with van der Waals surface area (Å²) in [6.07, 6.45) is 8.19. The van der Waals surface area contributed by atoms with E-state index < -0.39 is 0 Å². The number of fused-ring (bicyclic) bond motifs is 3. The molecular formula is C75H74N4OPt-2. The number of pyridine rings is 1. The van der Waals surface area contributed by atoms with Gasteiger partial charge in [-0.3, -0.25) is 4.57 Å². The summed E-state index contributed by atoms with van der Waals surface area (Å²) in [5, 5.41) is 2.20. The van der Waals surface area contributed by atoms with E-state index in [9.17, 15) is 0 Å². The van der Waals surface area contributed by atoms with Crippen LogP contribution < -0.4 is 9.30 Å². The van der Waals surface area contributed by atoms with Crippen molar-refractivity contribution in [3.05, 3.63) is 269 Å². The first-order valence-corrected chi connectivity index (χ1v) is 28.4. The minimum Gasteiger partial charge on any atom is -0.510 e. The molecule has 0 spiro atoms. The fourth-order valence-electron chi connectivity index (χ4n) is 11.6. The average Bonchev–Trinajstić information content (AvgIpc) is 4.19. The molecule has 0 aliphatic rings. The molecule has 0 aliphatic heterocycles. The van der Waals surface area contributed by atoms with Gasteiger partial charge in [-0.25, -0.2) is 4.98 Å². The molecule has 3 aromatic heterocycles. The molecule has 0 radical (unpaired) electrons. The van der Waals surface area contributed by atoms with Gasteiger partial charge in [0.2, 0.25) is 0 Å². The van der Waals surface area contributed by atoms with Crippen LogP contribution in [0.25, 0.3) is 50.3 Å². The molecule has 11 rings (SSSR count). The molecule has 0 bridgehead atoms. The topological polar surface area (TPSA) is 35.9 Å². The number of hydrogen-bond acceptors (Lipinski definition) is 2. The standard InChI is InChI=1S/C75H74N4O.Pt/c1-50(2)63-33-25-34-64(51(3)4)71(63)69-48-77(59-42-57(74(10,11)53-28-19-15-20-29-53)40-58(43-59)75(12,13)54-30-21-16-22-31-54)49-78(69)60-41-56(72(5,6)7)44-62(46-60)80-61-36-37-66-65-32-23-24-35-67(65)79(68(66)47-61)70-45-55(38-39-76-70)73(8,9)52-26-17-14-18-27-52;/h14-45,48,50-51H,1-13H3;/q-2;. The maximum Gasteiger partial charge on any atom is 0.267 e. The van der Waals surface area contributed by atoms with Crippen LogP contribution in [0.4, 0.5) is 0 Å². The Morgan fingerprint density at radius 3 is 1.58 bits per heavy atom. The molecule has 412 valence electrons. The van der Waals surface area contributed by atoms with Gasteiger partial charge in [0.15, 0.2) is 0 Å². The van der Waals surface area contributed by atoms with Gasteiger partial charge in [-0.2, -0.15) is 17.7 Å². The van der Waals surface area contributed by atoms with Crippen LogP contribution in [0.3, 0.4) is 0 Å². The van der Waals surface area contributed by atoms with E-state index >= 15 is 0 Å². The molecule has 0 N–H and O–H groups in total. The second kappa shape index (κ2) is 22.0. The summed E-state index contributed by atoms with van der Waals surface area (Å²) in [6, 6.07) is 75.5. The van der Waals surface area contributed by atoms with E-state index in [2.05, 4.69) is 310 Å². The van der Waals surface area contributed by atoms with Gasteiger partial charge >= 0.3 is 0 Å². The number of rotatable bonds is 14. The molecule has 5 nitrogen and oxygen atoms in total. The van der Waals surface area contributed by atoms with Crippen molar-refractivity contribution < 1.29 is 30.4 Å². The van der Waals surface area contributed by atoms with Gasteiger partial charge < -0.3 is 13.9 Å². The quantitative estimate of drug-likeness (QED) is 0.0803. The normalized spacial score (nSPS) is 12.4. The summed E-state index contributed by atoms with van der Waals surface area (Å²) in [4.78, 5) is 5.03. The van der Waals surface area contributed by atoms with E-state index in [1.165, 1.54) is 50.1 Å². The van der Waals surface area contributed by atoms with Crippen molar-refractivity contribution in [2.24, 2.45) is 0 Å². The molecule has 81 heavy (non-hydrogen) atoms. The molecule has 11 aromatic rings. The maximum absolute atomic E-state index is 7.08. The number of aromatic nitrogens is 4. The SMILES string of the molecule is CC(C)c1cccc(C(C)C)c1-c1c[n+](-c2cc(C(C)(C)c3ccccc3)cc(C(C)(C)c3ccccc3)c2)[c-]n1-c1[c-]c(Oc2[c-]c3c(cc2)c2ccccc2n3-c2cc(C(C)(C)c3ccccc3)ccn2)cc(C(C)(C)C)c1.[Pt]. The Bertz CT molecular complexity index is 3950. The first-order valence-electron chi connectivity index (χ1n) is 28.4. The monoisotopic (exact) mass is 1240 g/mol. The summed E-state index contributed by atoms with van der Waals surface area (Å²) in [7, 11) is 0. The third kappa shape index (κ3) is 10.8. The number of nitrogens with zero attached hydrogens (tertiary/aromatic N) is 4. The van der Waals surface area contributed by atoms with Crippen molar-refractivity contribution in [2.45, 2.75) is 124 Å². The summed E-state index contributed by atoms with van der Waals surface area (Å²) >= 11 is 0. The van der Waals surface area contributed by atoms with Crippen LogP contribution in [0.15, 0.2) is 200 Å². The smallest absolute Gasteiger partial charge is 0.267 e. The second-order valence-corrected chi connectivity index (χ2v) is 25.0. The first-order chi connectivity index (χ1) is 38.2. The predicted octanol–water partition coefficient (Wildman–Crippen LogP) is 18.6. The minimum atomic E-state index is -0.310. The van der Waals surface area contributed by atoms with Crippen molar-refractivity contribution in [3.8, 4) is 39.9 Å². The zero-order valence-corrected chi connectivity index (χ0v) is 51.5. The molecule has 0 aliphatic carbocycles. The van der Waals surface area contributed by atoms with Crippen LogP contribution >= 0.6 is 0 Å². The van der Waals surface area contributed by atoms with Crippen LogP contribution in [0.1, 0.15) is 152 Å². The fourth-order valence-corrected chi connectivity index (χ4v) is 11.6. The van der Waals surface area contributed by atoms with Crippen LogP contribution in [-0.2, 0) is 42.7 Å². The van der Waals surface area contributed by atoms with E-state index in [1.54, 1.807) is 0 Å². The summed E-state index contributed by atoms with van der Waals surface area (Å²) in [5.74, 6) is 2.51. The van der Waals surface area contributed by atoms with Crippen molar-refractivity contribution in [1.82, 2.24) is 14.1 Å². The van der Waals surface area contributed by atoms with Gasteiger partial charge in [-0.15, -0.1) is 29.7 Å². The molecule has 0 unspecified atom stereocenters. The van der Waals surface area contributed by atoms with Gasteiger partial charge in [-0.05, 0) is 109 Å². The Morgan fingerprint density at radius 2 is 1.02 bits per heavy atom. The van der Waals surface area contributed by atoms with Crippen molar-refractivity contribution in [2.75, 3.05) is 0 Å². The Morgan fingerprint density at radius 1 is 0.481 bits per heavy atom. The Hall–Kier alpha value is -7.59. The molecule has 0 atom stereocenters. The molecular weight excluding hydrogens is 1170 g/mol. The minimum absolute atomic E-state index is 0. The zero-order chi connectivity index (χ0) is 56.3. The Labute approximate surface area is 495 Å². The third-order valence-corrected chi connectivity index (χ3v) is 16.9. The summed E-state index contributed by atoms with van der Waals surface area (Å²) in [5.41, 5.74) is 16.0. The van der Waals surface area contributed by atoms with Gasteiger partial charge in [0, 0.05) is 66.7 Å². The van der Waals surface area contributed by atoms with Crippen LogP contribution in [0.5, 0.6) is 11.5 Å². The first kappa shape index (κ1) is 56.7. The van der Waals surface area contributed by atoms with E-state index in [-0.39, 0.29) is 54.6 Å². The number of benzene rings is 8. The summed E-state index contributed by atoms with van der Waals surface area (Å²) < 4.78 is 13.8. The van der Waals surface area contributed by atoms with Gasteiger partial charge in [0.05, 0.1) is 11.4 Å². The van der Waals surface area contributed by atoms with Crippen LogP contribution in [0.2, 0.25) is 0 Å². The van der Waals surface area contributed by atoms with Crippen LogP contribution in [-0.4, -0.2) is 14.1 Å². The van der Waals surface area contributed by atoms with E-state index in [1.807, 2.05) is 12.3 Å². The van der Waals surface area contributed by atoms with Crippen LogP contribution in [0, 0.1) is 18.5 Å². The van der Waals surface area contributed by atoms with Gasteiger partial charge in [0.1, 0.15) is 5.82 Å². The zero-order valence-electron chi connectivity index (χ0n) is 49.2. The number of ether oxygens (including phenoxy) is 1. The molecule has 6 heteroatoms. The number of imidazole rings is 1. The molecule has 3 heterocycles. The van der Waals surface area contributed by atoms with E-state index in [0.29, 0.717) is 11.5 Å². The molecule has 0 saturated carbocycles. The third-order valence-electron chi connectivity index (χ3n) is 16.9. The number of para-hydroxylation sites is 1. The van der Waals surface area contributed by atoms with Crippen molar-refractivity contribution in [1.29, 1.82) is 0 Å². The van der Waals surface area contributed by atoms with Crippen molar-refractivity contribution in [3.63, 3.8) is 0 Å². The fraction of sp³-hybridized carbons (Fsp3) is 0.253. The molecule has 0 amide bonds. The van der Waals surface area contributed by atoms with Gasteiger partial charge in [0.25, 0.3) is 6.33 Å². The molecule has 0 saturated heterocycles. The van der Waals surface area contributed by atoms with Gasteiger partial charge in [-0.1, -0.05) is 229 Å². The molecule has 8 aromatic carbocycles. The van der Waals surface area contributed by atoms with E-state index in [0.717, 1.165) is 50.3 Å². The summed E-state index contributed by atoms with van der Waals surface area (Å²) in [6.45, 7) is 29.9. The van der Waals surface area contributed by atoms with Crippen molar-refractivity contribution >= 4 is 21.8 Å². The Kier molecular flexibility index (Phi) is 15.4. The maximum atomic E-state index is 7.08. The average molecular weight is 1240 g/mol. The molecule has 0 fully saturated rings. The predicted molar refractivity (Wildman–Crippen MR) is 330 cm³/mol. The second-order valence-electron chi connectivity index (χ2n) is 25.0. The number of hydrogen-bond donors (Lipinski definition) is 0. The van der Waals surface area contributed by atoms with E-state index in [4.69, 9.17) is 9.72 Å². The Balaban J connectivity index is 0.00000736. The largest absolute Gasteiger partial charge is 0.510 e.